The van der Waals surface area contributed by atoms with Crippen LogP contribution in [0.4, 0.5) is 16.0 Å². The van der Waals surface area contributed by atoms with Crippen LogP contribution in [0.3, 0.4) is 0 Å². The summed E-state index contributed by atoms with van der Waals surface area (Å²) in [5.41, 5.74) is 1.45. The third-order valence-corrected chi connectivity index (χ3v) is 9.39. The van der Waals surface area contributed by atoms with Gasteiger partial charge in [0, 0.05) is 69.3 Å². The number of para-hydroxylation sites is 1. The fourth-order valence-corrected chi connectivity index (χ4v) is 7.17. The Morgan fingerprint density at radius 2 is 1.79 bits per heavy atom. The van der Waals surface area contributed by atoms with Crippen molar-refractivity contribution in [3.8, 4) is 5.69 Å². The average Bonchev–Trinajstić information content (AvgIpc) is 3.06. The first-order chi connectivity index (χ1) is 21.1. The number of hydrogen-bond acceptors (Lipinski definition) is 9. The van der Waals surface area contributed by atoms with Gasteiger partial charge in [0.05, 0.1) is 40.4 Å². The van der Waals surface area contributed by atoms with Crippen molar-refractivity contribution in [2.24, 2.45) is 0 Å². The smallest absolute Gasteiger partial charge is 0.259 e. The summed E-state index contributed by atoms with van der Waals surface area (Å²) >= 11 is 1.45. The summed E-state index contributed by atoms with van der Waals surface area (Å²) in [6, 6.07) is 10.9. The lowest BCUT2D eigenvalue weighted by Crippen LogP contribution is -2.50. The Kier molecular flexibility index (Phi) is 7.72. The third kappa shape index (κ3) is 5.34. The number of fused-ring (bicyclic) bond motifs is 2. The molecule has 3 aliphatic rings. The number of benzene rings is 2. The monoisotopic (exact) mass is 601 g/mol. The fourth-order valence-electron chi connectivity index (χ4n) is 5.96. The Balaban J connectivity index is 1.20. The van der Waals surface area contributed by atoms with Crippen molar-refractivity contribution in [2.75, 3.05) is 75.8 Å². The highest BCUT2D eigenvalue weighted by Gasteiger charge is 2.30. The number of amides is 1. The standard InChI is InChI=1S/C31H32FN7O3S/c32-23-19-21-27-29(26(23)33-9-4-10-36-15-17-42-18-16-36)43-25-6-2-1-5-24(25)39(27)20-22(28(21)40)30(41)37-11-13-38(14-12-37)31-34-7-3-8-35-31/h1-3,5-8,19-20,33H,4,9-18H2. The highest BCUT2D eigenvalue weighted by molar-refractivity contribution is 8.00. The topological polar surface area (TPSA) is 95.8 Å². The molecule has 2 aromatic carbocycles. The van der Waals surface area contributed by atoms with Crippen molar-refractivity contribution in [1.29, 1.82) is 0 Å². The van der Waals surface area contributed by atoms with Crippen molar-refractivity contribution in [1.82, 2.24) is 24.3 Å². The third-order valence-electron chi connectivity index (χ3n) is 8.22. The van der Waals surface area contributed by atoms with Crippen LogP contribution in [0.5, 0.6) is 0 Å². The molecule has 0 radical (unpaired) electrons. The van der Waals surface area contributed by atoms with Gasteiger partial charge in [-0.05, 0) is 37.2 Å². The Morgan fingerprint density at radius 3 is 2.58 bits per heavy atom. The first-order valence-corrected chi connectivity index (χ1v) is 15.4. The van der Waals surface area contributed by atoms with E-state index in [-0.39, 0.29) is 16.9 Å². The molecule has 0 bridgehead atoms. The highest BCUT2D eigenvalue weighted by Crippen LogP contribution is 2.46. The lowest BCUT2D eigenvalue weighted by atomic mass is 10.1. The number of aromatic nitrogens is 3. The van der Waals surface area contributed by atoms with Gasteiger partial charge in [0.15, 0.2) is 0 Å². The minimum Gasteiger partial charge on any atom is -0.382 e. The summed E-state index contributed by atoms with van der Waals surface area (Å²) < 4.78 is 23.1. The van der Waals surface area contributed by atoms with Crippen molar-refractivity contribution in [3.63, 3.8) is 0 Å². The minimum atomic E-state index is -0.495. The van der Waals surface area contributed by atoms with Crippen LogP contribution in [-0.2, 0) is 4.74 Å². The van der Waals surface area contributed by atoms with Crippen LogP contribution in [0.2, 0.25) is 0 Å². The number of morpholine rings is 1. The first-order valence-electron chi connectivity index (χ1n) is 14.6. The lowest BCUT2D eigenvalue weighted by molar-refractivity contribution is 0.0378. The number of hydrogen-bond donors (Lipinski definition) is 1. The molecule has 2 saturated heterocycles. The van der Waals surface area contributed by atoms with E-state index in [0.717, 1.165) is 49.9 Å². The number of nitrogens with zero attached hydrogens (tertiary/aromatic N) is 6. The van der Waals surface area contributed by atoms with Gasteiger partial charge in [0.2, 0.25) is 11.4 Å². The molecule has 3 aliphatic heterocycles. The fraction of sp³-hybridized carbons (Fsp3) is 0.355. The zero-order valence-electron chi connectivity index (χ0n) is 23.7. The van der Waals surface area contributed by atoms with Gasteiger partial charge in [0.25, 0.3) is 5.91 Å². The summed E-state index contributed by atoms with van der Waals surface area (Å²) in [7, 11) is 0. The van der Waals surface area contributed by atoms with Crippen LogP contribution in [-0.4, -0.2) is 95.8 Å². The van der Waals surface area contributed by atoms with Crippen LogP contribution in [0.15, 0.2) is 69.6 Å². The second-order valence-electron chi connectivity index (χ2n) is 10.8. The molecule has 2 fully saturated rings. The second-order valence-corrected chi connectivity index (χ2v) is 11.9. The van der Waals surface area contributed by atoms with E-state index in [4.69, 9.17) is 4.74 Å². The average molecular weight is 602 g/mol. The van der Waals surface area contributed by atoms with Gasteiger partial charge in [-0.25, -0.2) is 14.4 Å². The number of piperazine rings is 1. The maximum atomic E-state index is 15.8. The van der Waals surface area contributed by atoms with E-state index in [9.17, 15) is 9.59 Å². The van der Waals surface area contributed by atoms with Crippen LogP contribution >= 0.6 is 11.8 Å². The Morgan fingerprint density at radius 1 is 1.02 bits per heavy atom. The normalized spacial score (nSPS) is 16.8. The highest BCUT2D eigenvalue weighted by atomic mass is 32.2. The predicted molar refractivity (Wildman–Crippen MR) is 164 cm³/mol. The van der Waals surface area contributed by atoms with E-state index in [1.54, 1.807) is 29.6 Å². The number of nitrogens with one attached hydrogen (secondary N) is 1. The zero-order valence-corrected chi connectivity index (χ0v) is 24.5. The van der Waals surface area contributed by atoms with E-state index in [0.29, 0.717) is 54.8 Å². The first kappa shape index (κ1) is 27.8. The van der Waals surface area contributed by atoms with E-state index in [2.05, 4.69) is 20.2 Å². The SMILES string of the molecule is O=C(c1cn2c3c(c(NCCCN4CCOCC4)c(F)cc3c1=O)Sc1ccccc1-2)N1CCN(c2ncccn2)CC1. The quantitative estimate of drug-likeness (QED) is 0.282. The summed E-state index contributed by atoms with van der Waals surface area (Å²) in [4.78, 5) is 43.9. The summed E-state index contributed by atoms with van der Waals surface area (Å²) in [5.74, 6) is -0.231. The molecular formula is C31H32FN7O3S. The molecular weight excluding hydrogens is 569 g/mol. The predicted octanol–water partition coefficient (Wildman–Crippen LogP) is 3.48. The van der Waals surface area contributed by atoms with Crippen molar-refractivity contribution in [2.45, 2.75) is 16.2 Å². The number of rotatable bonds is 7. The molecule has 5 heterocycles. The van der Waals surface area contributed by atoms with E-state index in [1.807, 2.05) is 33.7 Å². The van der Waals surface area contributed by atoms with E-state index < -0.39 is 11.2 Å². The largest absolute Gasteiger partial charge is 0.382 e. The number of ether oxygens (including phenoxy) is 1. The number of anilines is 2. The van der Waals surface area contributed by atoms with Crippen molar-refractivity contribution < 1.29 is 13.9 Å². The number of carbonyl (C=O) groups is 1. The van der Waals surface area contributed by atoms with Gasteiger partial charge in [-0.1, -0.05) is 23.9 Å². The second kappa shape index (κ2) is 11.9. The van der Waals surface area contributed by atoms with Gasteiger partial charge < -0.3 is 24.4 Å². The molecule has 1 amide bonds. The van der Waals surface area contributed by atoms with E-state index in [1.165, 1.54) is 17.8 Å². The van der Waals surface area contributed by atoms with Crippen LogP contribution in [0.1, 0.15) is 16.8 Å². The molecule has 7 rings (SSSR count). The van der Waals surface area contributed by atoms with Crippen LogP contribution < -0.4 is 15.6 Å². The molecule has 4 aromatic rings. The molecule has 0 saturated carbocycles. The molecule has 0 aliphatic carbocycles. The van der Waals surface area contributed by atoms with Gasteiger partial charge >= 0.3 is 0 Å². The van der Waals surface area contributed by atoms with Crippen molar-refractivity contribution >= 4 is 40.2 Å². The molecule has 0 atom stereocenters. The summed E-state index contributed by atoms with van der Waals surface area (Å²) in [5, 5.41) is 3.53. The van der Waals surface area contributed by atoms with Gasteiger partial charge in [-0.2, -0.15) is 0 Å². The molecule has 43 heavy (non-hydrogen) atoms. The zero-order chi connectivity index (χ0) is 29.3. The maximum Gasteiger partial charge on any atom is 0.259 e. The van der Waals surface area contributed by atoms with Crippen LogP contribution in [0, 0.1) is 5.82 Å². The van der Waals surface area contributed by atoms with Crippen molar-refractivity contribution in [3.05, 3.63) is 76.6 Å². The Bertz CT molecular complexity index is 1720. The van der Waals surface area contributed by atoms with Gasteiger partial charge in [-0.15, -0.1) is 0 Å². The van der Waals surface area contributed by atoms with Gasteiger partial charge in [-0.3, -0.25) is 14.5 Å². The number of carbonyl (C=O) groups excluding carboxylic acids is 1. The van der Waals surface area contributed by atoms with Crippen LogP contribution in [0.25, 0.3) is 16.6 Å². The minimum absolute atomic E-state index is 0.0372. The molecule has 12 heteroatoms. The Labute approximate surface area is 252 Å². The lowest BCUT2D eigenvalue weighted by Gasteiger charge is -2.34. The van der Waals surface area contributed by atoms with E-state index >= 15 is 4.39 Å². The maximum absolute atomic E-state index is 15.8. The molecule has 2 aromatic heterocycles. The summed E-state index contributed by atoms with van der Waals surface area (Å²) in [6.07, 6.45) is 5.87. The molecule has 1 N–H and O–H groups in total. The Hall–Kier alpha value is -4.00. The number of pyridine rings is 1. The number of halogens is 1. The molecule has 0 spiro atoms. The van der Waals surface area contributed by atoms with Gasteiger partial charge in [0.1, 0.15) is 11.4 Å². The molecule has 10 nitrogen and oxygen atoms in total. The summed E-state index contributed by atoms with van der Waals surface area (Å²) in [6.45, 7) is 6.75. The molecule has 222 valence electrons. The molecule has 0 unspecified atom stereocenters.